The molecule has 0 unspecified atom stereocenters. The average molecular weight is 907 g/mol. The lowest BCUT2D eigenvalue weighted by atomic mass is 10.0. The average Bonchev–Trinajstić information content (AvgIpc) is 4.13. The molecule has 6 nitrogen and oxygen atoms in total. The third-order valence-electron chi connectivity index (χ3n) is 15.1. The molecule has 0 atom stereocenters. The molecule has 10 aromatic carbocycles. The van der Waals surface area contributed by atoms with Gasteiger partial charge in [-0.3, -0.25) is 0 Å². The molecule has 70 heavy (non-hydrogen) atoms. The first-order valence-corrected chi connectivity index (χ1v) is 24.0. The van der Waals surface area contributed by atoms with Crippen molar-refractivity contribution in [2.75, 3.05) is 9.80 Å². The topological polar surface area (TPSA) is 59.0 Å². The van der Waals surface area contributed by atoms with Crippen LogP contribution in [-0.4, -0.2) is 0 Å². The Balaban J connectivity index is 0.878. The summed E-state index contributed by atoms with van der Waals surface area (Å²) in [6, 6.07) is 60.6. The summed E-state index contributed by atoms with van der Waals surface area (Å²) in [4.78, 5) is 4.66. The normalized spacial score (nSPS) is 12.1. The van der Waals surface area contributed by atoms with Gasteiger partial charge in [-0.25, -0.2) is 0 Å². The second-order valence-electron chi connectivity index (χ2n) is 19.2. The lowest BCUT2D eigenvalue weighted by Gasteiger charge is -2.27. The van der Waals surface area contributed by atoms with E-state index >= 15 is 0 Å². The maximum absolute atomic E-state index is 6.79. The van der Waals surface area contributed by atoms with Crippen LogP contribution < -0.4 is 9.80 Å². The van der Waals surface area contributed by atoms with Crippen molar-refractivity contribution in [1.82, 2.24) is 0 Å². The van der Waals surface area contributed by atoms with Gasteiger partial charge in [0.1, 0.15) is 44.7 Å². The Labute approximate surface area is 403 Å². The molecule has 0 spiro atoms. The van der Waals surface area contributed by atoms with Crippen LogP contribution in [0, 0.1) is 41.5 Å². The Morgan fingerprint density at radius 3 is 1.00 bits per heavy atom. The smallest absolute Gasteiger partial charge is 0.137 e. The zero-order valence-corrected chi connectivity index (χ0v) is 39.7. The van der Waals surface area contributed by atoms with Crippen molar-refractivity contribution < 1.29 is 17.7 Å². The molecule has 14 aromatic rings. The molecule has 336 valence electrons. The molecule has 4 aromatic heterocycles. The van der Waals surface area contributed by atoms with Crippen LogP contribution in [0.2, 0.25) is 0 Å². The molecule has 0 saturated heterocycles. The maximum Gasteiger partial charge on any atom is 0.137 e. The molecule has 0 amide bonds. The van der Waals surface area contributed by atoms with E-state index in [-0.39, 0.29) is 0 Å². The first kappa shape index (κ1) is 40.3. The quantitative estimate of drug-likeness (QED) is 0.166. The number of hydrogen-bond donors (Lipinski definition) is 0. The number of rotatable bonds is 6. The third-order valence-corrected chi connectivity index (χ3v) is 15.1. The van der Waals surface area contributed by atoms with Gasteiger partial charge >= 0.3 is 0 Å². The Bertz CT molecular complexity index is 4190. The monoisotopic (exact) mass is 906 g/mol. The van der Waals surface area contributed by atoms with Crippen LogP contribution in [0.25, 0.3) is 98.5 Å². The summed E-state index contributed by atoms with van der Waals surface area (Å²) < 4.78 is 26.1. The van der Waals surface area contributed by atoms with Gasteiger partial charge in [-0.2, -0.15) is 0 Å². The van der Waals surface area contributed by atoms with E-state index in [9.17, 15) is 0 Å². The molecule has 0 N–H and O–H groups in total. The van der Waals surface area contributed by atoms with Gasteiger partial charge in [-0.15, -0.1) is 0 Å². The summed E-state index contributed by atoms with van der Waals surface area (Å²) >= 11 is 0. The zero-order chi connectivity index (χ0) is 47.1. The lowest BCUT2D eigenvalue weighted by Crippen LogP contribution is -2.10. The molecular weight excluding hydrogens is 861 g/mol. The zero-order valence-electron chi connectivity index (χ0n) is 39.7. The highest BCUT2D eigenvalue weighted by Gasteiger charge is 2.22. The fraction of sp³-hybridized carbons (Fsp3) is 0.0938. The Kier molecular flexibility index (Phi) is 8.57. The van der Waals surface area contributed by atoms with E-state index in [4.69, 9.17) is 17.7 Å². The number of anilines is 6. The summed E-state index contributed by atoms with van der Waals surface area (Å²) in [6.45, 7) is 13.1. The van der Waals surface area contributed by atoms with E-state index in [1.165, 1.54) is 33.4 Å². The minimum Gasteiger partial charge on any atom is -0.456 e. The van der Waals surface area contributed by atoms with Crippen LogP contribution in [0.1, 0.15) is 33.4 Å². The Hall–Kier alpha value is -8.74. The number of fused-ring (bicyclic) bond motifs is 13. The van der Waals surface area contributed by atoms with Crippen LogP contribution in [0.4, 0.5) is 34.1 Å². The number of furan rings is 4. The molecule has 0 aliphatic rings. The van der Waals surface area contributed by atoms with Gasteiger partial charge in [0.2, 0.25) is 0 Å². The van der Waals surface area contributed by atoms with Crippen molar-refractivity contribution >= 4 is 133 Å². The van der Waals surface area contributed by atoms with E-state index in [0.29, 0.717) is 0 Å². The highest BCUT2D eigenvalue weighted by atomic mass is 16.3. The van der Waals surface area contributed by atoms with Crippen molar-refractivity contribution in [3.05, 3.63) is 203 Å². The SMILES string of the molecule is Cc1cc(N(c2ccc3c(c2)oc2cc4cc5oc6cc(N(c7cc(C)c(C)c(C)c7)c7ccc8oc9ccccc9c8c7)ccc6c5cc4cc23)c2ccc3oc4ccccc4c3c2)cc(C)c1C. The first-order valence-electron chi connectivity index (χ1n) is 24.0. The highest BCUT2D eigenvalue weighted by Crippen LogP contribution is 2.45. The van der Waals surface area contributed by atoms with Crippen LogP contribution in [0.15, 0.2) is 188 Å². The fourth-order valence-electron chi connectivity index (χ4n) is 10.9. The van der Waals surface area contributed by atoms with E-state index in [1.807, 2.05) is 24.3 Å². The molecule has 0 radical (unpaired) electrons. The van der Waals surface area contributed by atoms with Gasteiger partial charge in [-0.1, -0.05) is 36.4 Å². The van der Waals surface area contributed by atoms with Gasteiger partial charge in [0, 0.05) is 89.3 Å². The molecular formula is C64H46N2O4. The minimum atomic E-state index is 0.827. The fourth-order valence-corrected chi connectivity index (χ4v) is 10.9. The molecule has 0 fully saturated rings. The van der Waals surface area contributed by atoms with Crippen LogP contribution in [-0.2, 0) is 0 Å². The number of benzene rings is 10. The van der Waals surface area contributed by atoms with Crippen LogP contribution >= 0.6 is 0 Å². The summed E-state index contributed by atoms with van der Waals surface area (Å²) in [5.74, 6) is 0. The molecule has 6 heteroatoms. The molecule has 0 bridgehead atoms. The Morgan fingerprint density at radius 1 is 0.243 bits per heavy atom. The van der Waals surface area contributed by atoms with E-state index in [0.717, 1.165) is 133 Å². The molecule has 0 aliphatic heterocycles. The van der Waals surface area contributed by atoms with Gasteiger partial charge in [0.15, 0.2) is 0 Å². The lowest BCUT2D eigenvalue weighted by molar-refractivity contribution is 0.668. The summed E-state index contributed by atoms with van der Waals surface area (Å²) in [5, 5.41) is 10.8. The highest BCUT2D eigenvalue weighted by molar-refractivity contribution is 6.16. The minimum absolute atomic E-state index is 0.827. The van der Waals surface area contributed by atoms with Crippen molar-refractivity contribution in [2.45, 2.75) is 41.5 Å². The molecule has 0 saturated carbocycles. The second-order valence-corrected chi connectivity index (χ2v) is 19.2. The van der Waals surface area contributed by atoms with Crippen molar-refractivity contribution in [3.8, 4) is 0 Å². The first-order chi connectivity index (χ1) is 34.1. The summed E-state index contributed by atoms with van der Waals surface area (Å²) in [6.07, 6.45) is 0. The number of nitrogens with zero attached hydrogens (tertiary/aromatic N) is 2. The predicted octanol–water partition coefficient (Wildman–Crippen LogP) is 19.2. The van der Waals surface area contributed by atoms with Gasteiger partial charge < -0.3 is 27.5 Å². The van der Waals surface area contributed by atoms with Gasteiger partial charge in [0.05, 0.1) is 0 Å². The molecule has 4 heterocycles. The maximum atomic E-state index is 6.79. The van der Waals surface area contributed by atoms with Crippen LogP contribution in [0.5, 0.6) is 0 Å². The largest absolute Gasteiger partial charge is 0.456 e. The summed E-state index contributed by atoms with van der Waals surface area (Å²) in [5.41, 5.74) is 20.7. The van der Waals surface area contributed by atoms with Crippen molar-refractivity contribution in [2.24, 2.45) is 0 Å². The third kappa shape index (κ3) is 6.12. The van der Waals surface area contributed by atoms with E-state index < -0.39 is 0 Å². The van der Waals surface area contributed by atoms with Gasteiger partial charge in [-0.05, 0) is 207 Å². The second kappa shape index (κ2) is 14.9. The van der Waals surface area contributed by atoms with Crippen LogP contribution in [0.3, 0.4) is 0 Å². The van der Waals surface area contributed by atoms with E-state index in [2.05, 4.69) is 197 Å². The molecule has 14 rings (SSSR count). The van der Waals surface area contributed by atoms with E-state index in [1.54, 1.807) is 0 Å². The standard InChI is InChI=1S/C64H46N2O4/c1-35-23-47(24-36(2)39(35)5)65(43-17-21-59-55(31-43)49-11-7-9-13-57(49)67-59)45-15-19-51-53-27-41-28-54-52-20-16-46(34-64(52)70-62(54)30-42(41)29-61(53)69-63(51)33-45)66(48-25-37(3)40(6)38(4)26-48)44-18-22-60-56(32-44)50-12-8-10-14-58(50)68-60/h7-34H,1-6H3. The summed E-state index contributed by atoms with van der Waals surface area (Å²) in [7, 11) is 0. The van der Waals surface area contributed by atoms with Gasteiger partial charge in [0.25, 0.3) is 0 Å². The number of para-hydroxylation sites is 2. The van der Waals surface area contributed by atoms with Crippen molar-refractivity contribution in [1.29, 1.82) is 0 Å². The molecule has 0 aliphatic carbocycles. The Morgan fingerprint density at radius 2 is 0.557 bits per heavy atom. The number of hydrogen-bond acceptors (Lipinski definition) is 6. The number of aryl methyl sites for hydroxylation is 4. The van der Waals surface area contributed by atoms with Crippen molar-refractivity contribution in [3.63, 3.8) is 0 Å². The predicted molar refractivity (Wildman–Crippen MR) is 291 cm³/mol.